The Balaban J connectivity index is 1.93. The van der Waals surface area contributed by atoms with E-state index < -0.39 is 0 Å². The van der Waals surface area contributed by atoms with E-state index in [1.54, 1.807) is 49.1 Å². The first kappa shape index (κ1) is 21.0. The van der Waals surface area contributed by atoms with Gasteiger partial charge in [-0.2, -0.15) is 0 Å². The molecule has 2 N–H and O–H groups in total. The summed E-state index contributed by atoms with van der Waals surface area (Å²) in [5.41, 5.74) is 2.52. The average Bonchev–Trinajstić information content (AvgIpc) is 2.86. The number of para-hydroxylation sites is 6. The zero-order valence-electron chi connectivity index (χ0n) is 18.1. The second-order valence-corrected chi connectivity index (χ2v) is 7.58. The van der Waals surface area contributed by atoms with Crippen LogP contribution in [0.25, 0.3) is 43.6 Å². The molecule has 0 aliphatic heterocycles. The lowest BCUT2D eigenvalue weighted by molar-refractivity contribution is 0.486. The number of hydrogen-bond donors (Lipinski definition) is 2. The quantitative estimate of drug-likeness (QED) is 0.300. The van der Waals surface area contributed by atoms with Gasteiger partial charge in [-0.1, -0.05) is 36.4 Å². The number of rotatable bonds is 0. The standard InChI is InChI=1S/C28H20N4O2/c33-27-19-7-5-9-21(27)17-31-25-13-3-4-14-26(25)32-18-22-10-6-8-20(28(22)34)16-30-24-12-2-1-11-23(24)29-15-19/h1-18,33-34H. The number of phenols is 2. The van der Waals surface area contributed by atoms with E-state index in [2.05, 4.69) is 19.9 Å². The van der Waals surface area contributed by atoms with Crippen molar-refractivity contribution < 1.29 is 10.2 Å². The minimum atomic E-state index is 0.0815. The van der Waals surface area contributed by atoms with Crippen LogP contribution in [0.3, 0.4) is 0 Å². The van der Waals surface area contributed by atoms with Crippen LogP contribution >= 0.6 is 0 Å². The van der Waals surface area contributed by atoms with Gasteiger partial charge in [0.2, 0.25) is 0 Å². The van der Waals surface area contributed by atoms with Gasteiger partial charge in [0.1, 0.15) is 11.5 Å². The highest BCUT2D eigenvalue weighted by Gasteiger charge is 1.99. The van der Waals surface area contributed by atoms with Crippen LogP contribution in [-0.2, 0) is 0 Å². The molecule has 0 amide bonds. The Kier molecular flexibility index (Phi) is 5.78. The van der Waals surface area contributed by atoms with E-state index in [9.17, 15) is 10.2 Å². The molecule has 0 atom stereocenters. The fourth-order valence-electron chi connectivity index (χ4n) is 3.50. The maximum Gasteiger partial charge on any atom is 0.133 e. The topological polar surface area (TPSA) is 92.0 Å². The predicted octanol–water partition coefficient (Wildman–Crippen LogP) is 6.10. The summed E-state index contributed by atoms with van der Waals surface area (Å²) in [6.45, 7) is 0. The summed E-state index contributed by atoms with van der Waals surface area (Å²) in [6.07, 6.45) is 6.39. The van der Waals surface area contributed by atoms with Crippen molar-refractivity contribution in [1.82, 2.24) is 19.9 Å². The van der Waals surface area contributed by atoms with Crippen LogP contribution in [-0.4, -0.2) is 30.1 Å². The minimum absolute atomic E-state index is 0.0815. The molecular formula is C28H20N4O2. The van der Waals surface area contributed by atoms with Crippen LogP contribution in [0.5, 0.6) is 11.5 Å². The highest BCUT2D eigenvalue weighted by Crippen LogP contribution is 2.24. The summed E-state index contributed by atoms with van der Waals surface area (Å²) in [7, 11) is 0. The molecule has 5 rings (SSSR count). The molecule has 0 aliphatic carbocycles. The molecule has 1 aromatic heterocycles. The minimum Gasteiger partial charge on any atom is -0.507 e. The molecule has 0 radical (unpaired) electrons. The molecule has 6 heteroatoms. The number of fused-ring (bicyclic) bond motifs is 6. The number of nitrogens with zero attached hydrogens (tertiary/aromatic N) is 4. The number of hydrogen-bond acceptors (Lipinski definition) is 6. The summed E-state index contributed by atoms with van der Waals surface area (Å²) in [5.74, 6) is 0.163. The van der Waals surface area contributed by atoms with Gasteiger partial charge in [0, 0.05) is 46.3 Å². The van der Waals surface area contributed by atoms with Crippen molar-refractivity contribution in [2.75, 3.05) is 0 Å². The van der Waals surface area contributed by atoms with Crippen LogP contribution in [0.4, 0.5) is 0 Å². The normalized spacial score (nSPS) is 10.6. The number of aromatic nitrogens is 4. The van der Waals surface area contributed by atoms with E-state index in [1.165, 1.54) is 0 Å². The van der Waals surface area contributed by atoms with Crippen LogP contribution in [0.1, 0.15) is 0 Å². The molecule has 5 aromatic rings. The molecule has 0 fully saturated rings. The van der Waals surface area contributed by atoms with Crippen LogP contribution < -0.4 is 0 Å². The number of benzene rings is 4. The van der Waals surface area contributed by atoms with Crippen LogP contribution in [0.2, 0.25) is 0 Å². The smallest absolute Gasteiger partial charge is 0.133 e. The maximum atomic E-state index is 10.8. The lowest BCUT2D eigenvalue weighted by Gasteiger charge is -1.98. The van der Waals surface area contributed by atoms with Crippen molar-refractivity contribution in [3.8, 4) is 11.5 Å². The zero-order valence-corrected chi connectivity index (χ0v) is 18.1. The van der Waals surface area contributed by atoms with E-state index >= 15 is 0 Å². The second-order valence-electron chi connectivity index (χ2n) is 7.58. The third-order valence-corrected chi connectivity index (χ3v) is 5.33. The summed E-state index contributed by atoms with van der Waals surface area (Å²) in [5, 5.41) is 23.8. The maximum absolute atomic E-state index is 10.8. The molecule has 4 aromatic carbocycles. The molecule has 4 bridgehead atoms. The van der Waals surface area contributed by atoms with Gasteiger partial charge < -0.3 is 10.2 Å². The molecular weight excluding hydrogens is 424 g/mol. The summed E-state index contributed by atoms with van der Waals surface area (Å²) in [6, 6.07) is 25.6. The van der Waals surface area contributed by atoms with E-state index in [1.807, 2.05) is 60.7 Å². The Bertz CT molecular complexity index is 1460. The van der Waals surface area contributed by atoms with Gasteiger partial charge in [0.15, 0.2) is 0 Å². The molecule has 1 heterocycles. The second kappa shape index (κ2) is 9.34. The largest absolute Gasteiger partial charge is 0.507 e. The number of phenolic OH excluding ortho intramolecular Hbond substituents is 2. The van der Waals surface area contributed by atoms with Crippen LogP contribution in [0, 0.1) is 0 Å². The highest BCUT2D eigenvalue weighted by atomic mass is 16.3. The fourth-order valence-corrected chi connectivity index (χ4v) is 3.50. The van der Waals surface area contributed by atoms with E-state index in [0.717, 1.165) is 0 Å². The predicted molar refractivity (Wildman–Crippen MR) is 135 cm³/mol. The summed E-state index contributed by atoms with van der Waals surface area (Å²) >= 11 is 0. The lowest BCUT2D eigenvalue weighted by atomic mass is 10.2. The van der Waals surface area contributed by atoms with Gasteiger partial charge in [-0.15, -0.1) is 0 Å². The Morgan fingerprint density at radius 1 is 0.353 bits per heavy atom. The molecule has 0 saturated carbocycles. The average molecular weight is 444 g/mol. The first-order chi connectivity index (χ1) is 16.7. The molecule has 0 unspecified atom stereocenters. The van der Waals surface area contributed by atoms with Crippen molar-refractivity contribution in [1.29, 1.82) is 0 Å². The highest BCUT2D eigenvalue weighted by molar-refractivity contribution is 5.82. The van der Waals surface area contributed by atoms with Gasteiger partial charge in [0.25, 0.3) is 0 Å². The molecule has 0 spiro atoms. The third-order valence-electron chi connectivity index (χ3n) is 5.33. The van der Waals surface area contributed by atoms with E-state index in [-0.39, 0.29) is 11.5 Å². The van der Waals surface area contributed by atoms with Crippen molar-refractivity contribution in [3.05, 3.63) is 110 Å². The van der Waals surface area contributed by atoms with Gasteiger partial charge >= 0.3 is 0 Å². The third kappa shape index (κ3) is 4.38. The summed E-state index contributed by atoms with van der Waals surface area (Å²) < 4.78 is 0. The van der Waals surface area contributed by atoms with Crippen molar-refractivity contribution in [2.45, 2.75) is 0 Å². The van der Waals surface area contributed by atoms with Gasteiger partial charge in [-0.3, -0.25) is 19.9 Å². The van der Waals surface area contributed by atoms with E-state index in [0.29, 0.717) is 43.6 Å². The van der Waals surface area contributed by atoms with Crippen molar-refractivity contribution in [3.63, 3.8) is 0 Å². The molecule has 0 aliphatic rings. The zero-order chi connectivity index (χ0) is 23.3. The Morgan fingerprint density at radius 2 is 0.618 bits per heavy atom. The lowest BCUT2D eigenvalue weighted by Crippen LogP contribution is -1.79. The molecule has 0 saturated heterocycles. The SMILES string of the molecule is Oc1c2cccc1cnc1ccccc1ncc1cccc(cnc3ccccc3nc2)c1O. The monoisotopic (exact) mass is 444 g/mol. The van der Waals surface area contributed by atoms with Gasteiger partial charge in [-0.05, 0) is 48.5 Å². The first-order valence-electron chi connectivity index (χ1n) is 10.7. The van der Waals surface area contributed by atoms with Crippen molar-refractivity contribution in [2.24, 2.45) is 0 Å². The molecule has 6 nitrogen and oxygen atoms in total. The van der Waals surface area contributed by atoms with Crippen LogP contribution in [0.15, 0.2) is 110 Å². The van der Waals surface area contributed by atoms with Gasteiger partial charge in [0.05, 0.1) is 22.1 Å². The Labute approximate surface area is 195 Å². The Hall–Kier alpha value is -4.84. The fraction of sp³-hybridized carbons (Fsp3) is 0. The first-order valence-corrected chi connectivity index (χ1v) is 10.7. The molecule has 164 valence electrons. The van der Waals surface area contributed by atoms with E-state index in [4.69, 9.17) is 0 Å². The molecule has 34 heavy (non-hydrogen) atoms. The Morgan fingerprint density at radius 3 is 0.882 bits per heavy atom. The van der Waals surface area contributed by atoms with Crippen molar-refractivity contribution >= 4 is 43.6 Å². The van der Waals surface area contributed by atoms with Gasteiger partial charge in [-0.25, -0.2) is 0 Å². The number of aromatic hydroxyl groups is 2. The summed E-state index contributed by atoms with van der Waals surface area (Å²) in [4.78, 5) is 18.2.